The van der Waals surface area contributed by atoms with Crippen LogP contribution in [0.2, 0.25) is 0 Å². The Morgan fingerprint density at radius 3 is 1.38 bits per heavy atom. The van der Waals surface area contributed by atoms with Gasteiger partial charge in [-0.3, -0.25) is 27.9 Å². The molecule has 6 aromatic heterocycles. The number of aryl methyl sites for hydroxylation is 4. The van der Waals surface area contributed by atoms with E-state index in [0.717, 1.165) is 93.9 Å². The minimum atomic E-state index is -0.375. The van der Waals surface area contributed by atoms with E-state index >= 15 is 0 Å². The molecule has 8 aromatic rings. The number of nitrogens with one attached hydrogen (secondary N) is 4. The molecule has 6 heterocycles. The lowest BCUT2D eigenvalue weighted by Crippen LogP contribution is -2.37. The summed E-state index contributed by atoms with van der Waals surface area (Å²) in [6.07, 6.45) is 10.5. The van der Waals surface area contributed by atoms with Crippen LogP contribution in [0.15, 0.2) is 80.6 Å². The van der Waals surface area contributed by atoms with Crippen molar-refractivity contribution in [3.8, 4) is 11.5 Å². The van der Waals surface area contributed by atoms with E-state index in [1.165, 1.54) is 23.2 Å². The van der Waals surface area contributed by atoms with Crippen LogP contribution in [0.4, 0.5) is 0 Å². The Bertz CT molecular complexity index is 2800. The Morgan fingerprint density at radius 1 is 0.590 bits per heavy atom. The van der Waals surface area contributed by atoms with Crippen LogP contribution >= 0.6 is 24.8 Å². The van der Waals surface area contributed by atoms with E-state index in [2.05, 4.69) is 30.6 Å². The monoisotopic (exact) mass is 882 g/mol. The zero-order valence-electron chi connectivity index (χ0n) is 34.3. The number of halogens is 2. The Hall–Kier alpha value is -6.12. The molecule has 0 fully saturated rings. The van der Waals surface area contributed by atoms with Crippen LogP contribution in [0.3, 0.4) is 0 Å². The number of hydrogen-bond donors (Lipinski definition) is 6. The number of phenols is 2. The number of aromatic amines is 2. The summed E-state index contributed by atoms with van der Waals surface area (Å²) in [6, 6.07) is 10.6. The van der Waals surface area contributed by atoms with Crippen molar-refractivity contribution in [3.05, 3.63) is 114 Å². The number of hydrogen-bond acceptors (Lipinski definition) is 10. The Balaban J connectivity index is 0.000000256. The summed E-state index contributed by atoms with van der Waals surface area (Å²) in [5.74, 6) is 0.532. The van der Waals surface area contributed by atoms with Crippen molar-refractivity contribution in [2.24, 2.45) is 28.2 Å². The average molecular weight is 884 g/mol. The average Bonchev–Trinajstić information content (AvgIpc) is 4.03. The van der Waals surface area contributed by atoms with Gasteiger partial charge in [0.15, 0.2) is 22.3 Å². The van der Waals surface area contributed by atoms with Crippen molar-refractivity contribution < 1.29 is 15.7 Å². The number of imidazole rings is 2. The molecule has 21 heteroatoms. The second-order valence-electron chi connectivity index (χ2n) is 14.4. The van der Waals surface area contributed by atoms with Gasteiger partial charge in [0, 0.05) is 75.5 Å². The Kier molecular flexibility index (Phi) is 15.9. The Labute approximate surface area is 360 Å². The molecule has 2 aromatic carbocycles. The third-order valence-corrected chi connectivity index (χ3v) is 10.6. The van der Waals surface area contributed by atoms with Crippen molar-refractivity contribution in [1.82, 2.24) is 58.0 Å². The van der Waals surface area contributed by atoms with Gasteiger partial charge in [-0.25, -0.2) is 19.6 Å². The van der Waals surface area contributed by atoms with Gasteiger partial charge in [0.25, 0.3) is 11.1 Å². The molecule has 0 aliphatic carbocycles. The van der Waals surface area contributed by atoms with Gasteiger partial charge in [-0.05, 0) is 99.4 Å². The highest BCUT2D eigenvalue weighted by Gasteiger charge is 2.15. The molecule has 0 radical (unpaired) electrons. The summed E-state index contributed by atoms with van der Waals surface area (Å²) >= 11 is 0. The highest BCUT2D eigenvalue weighted by Crippen LogP contribution is 2.24. The number of benzene rings is 2. The van der Waals surface area contributed by atoms with Gasteiger partial charge < -0.3 is 45.4 Å². The molecular formula is C40H52Cl2N12O7. The van der Waals surface area contributed by atoms with Crippen molar-refractivity contribution in [1.29, 1.82) is 0 Å². The number of fused-ring (bicyclic) bond motifs is 4. The molecule has 61 heavy (non-hydrogen) atoms. The molecule has 0 saturated heterocycles. The van der Waals surface area contributed by atoms with Gasteiger partial charge in [-0.2, -0.15) is 0 Å². The summed E-state index contributed by atoms with van der Waals surface area (Å²) < 4.78 is 8.62. The lowest BCUT2D eigenvalue weighted by molar-refractivity contribution is 0.475. The smallest absolute Gasteiger partial charge is 0.332 e. The van der Waals surface area contributed by atoms with Crippen LogP contribution in [-0.4, -0.2) is 89.2 Å². The first-order valence-corrected chi connectivity index (χ1v) is 19.2. The maximum absolute atomic E-state index is 12.4. The number of aromatic nitrogens is 10. The van der Waals surface area contributed by atoms with Crippen LogP contribution < -0.4 is 33.1 Å². The molecule has 328 valence electrons. The van der Waals surface area contributed by atoms with E-state index < -0.39 is 0 Å². The number of phenolic OH excluding ortho intramolecular Hbond substituents is 2. The van der Waals surface area contributed by atoms with E-state index in [9.17, 15) is 29.4 Å². The van der Waals surface area contributed by atoms with Crippen LogP contribution in [-0.2, 0) is 54.1 Å². The number of aromatic hydroxyl groups is 2. The molecule has 0 saturated carbocycles. The van der Waals surface area contributed by atoms with E-state index in [0.29, 0.717) is 35.4 Å². The molecule has 0 bridgehead atoms. The fraction of sp³-hybridized carbons (Fsp3) is 0.350. The minimum Gasteiger partial charge on any atom is -0.508 e. The lowest BCUT2D eigenvalue weighted by atomic mass is 10.1. The first kappa shape index (κ1) is 47.6. The maximum Gasteiger partial charge on any atom is 0.332 e. The first-order valence-electron chi connectivity index (χ1n) is 19.2. The quantitative estimate of drug-likeness (QED) is 0.0863. The van der Waals surface area contributed by atoms with Crippen molar-refractivity contribution in [2.45, 2.75) is 38.8 Å². The molecule has 0 amide bonds. The highest BCUT2D eigenvalue weighted by molar-refractivity contribution is 5.86. The van der Waals surface area contributed by atoms with Crippen LogP contribution in [0.5, 0.6) is 11.5 Å². The molecule has 19 nitrogen and oxygen atoms in total. The molecular weight excluding hydrogens is 831 g/mol. The summed E-state index contributed by atoms with van der Waals surface area (Å²) in [5.41, 5.74) is 4.68. The second kappa shape index (κ2) is 20.4. The van der Waals surface area contributed by atoms with Crippen molar-refractivity contribution >= 4 is 68.9 Å². The molecule has 0 spiro atoms. The predicted molar refractivity (Wildman–Crippen MR) is 241 cm³/mol. The van der Waals surface area contributed by atoms with Gasteiger partial charge >= 0.3 is 11.4 Å². The Morgan fingerprint density at radius 2 is 0.984 bits per heavy atom. The summed E-state index contributed by atoms with van der Waals surface area (Å²) in [7, 11) is 6.20. The number of nitrogens with zero attached hydrogens (tertiary/aromatic N) is 8. The van der Waals surface area contributed by atoms with E-state index in [1.54, 1.807) is 60.1 Å². The third kappa shape index (κ3) is 9.76. The normalized spacial score (nSPS) is 11.1. The van der Waals surface area contributed by atoms with Gasteiger partial charge in [0.2, 0.25) is 0 Å². The molecule has 0 aliphatic rings. The second-order valence-corrected chi connectivity index (χ2v) is 14.4. The van der Waals surface area contributed by atoms with E-state index in [-0.39, 0.29) is 64.3 Å². The topological polar surface area (TPSA) is 251 Å². The predicted octanol–water partition coefficient (Wildman–Crippen LogP) is 1.70. The van der Waals surface area contributed by atoms with Crippen molar-refractivity contribution in [2.75, 3.05) is 26.2 Å². The lowest BCUT2D eigenvalue weighted by Gasteiger charge is -2.08. The third-order valence-electron chi connectivity index (χ3n) is 10.6. The summed E-state index contributed by atoms with van der Waals surface area (Å²) in [6.45, 7) is 4.47. The van der Waals surface area contributed by atoms with Gasteiger partial charge in [-0.15, -0.1) is 24.8 Å². The fourth-order valence-electron chi connectivity index (χ4n) is 7.32. The minimum absolute atomic E-state index is 0. The fourth-order valence-corrected chi connectivity index (χ4v) is 7.32. The highest BCUT2D eigenvalue weighted by atomic mass is 35.5. The van der Waals surface area contributed by atoms with Crippen LogP contribution in [0.1, 0.15) is 24.0 Å². The van der Waals surface area contributed by atoms with Gasteiger partial charge in [0.05, 0.1) is 12.7 Å². The summed E-state index contributed by atoms with van der Waals surface area (Å²) in [4.78, 5) is 63.8. The van der Waals surface area contributed by atoms with Crippen LogP contribution in [0.25, 0.3) is 44.1 Å². The van der Waals surface area contributed by atoms with Crippen LogP contribution in [0, 0.1) is 0 Å². The standard InChI is InChI=1S/2C20H24N6O3.2ClH.H2O/c2*1-24-18-17(19(28)25(2)20(24)29)26(12-23-18)9-3-7-21-8-6-13-11-22-16-5-4-14(27)10-15(13)16;;;/h2*4-5,10-12,21-22,27H,3,6-9H2,1-2H3;2*1H;1H2. The zero-order chi connectivity index (χ0) is 41.1. The van der Waals surface area contributed by atoms with Gasteiger partial charge in [0.1, 0.15) is 11.5 Å². The maximum atomic E-state index is 12.4. The molecule has 0 aliphatic heterocycles. The number of H-pyrrole nitrogens is 2. The van der Waals surface area contributed by atoms with E-state index in [4.69, 9.17) is 0 Å². The first-order chi connectivity index (χ1) is 27.9. The molecule has 0 atom stereocenters. The summed E-state index contributed by atoms with van der Waals surface area (Å²) in [5, 5.41) is 28.2. The largest absolute Gasteiger partial charge is 0.508 e. The van der Waals surface area contributed by atoms with Crippen molar-refractivity contribution in [3.63, 3.8) is 0 Å². The zero-order valence-corrected chi connectivity index (χ0v) is 35.9. The van der Waals surface area contributed by atoms with E-state index in [1.807, 2.05) is 24.5 Å². The SMILES string of the molecule is Cl.Cl.Cn1c(=O)c2c(ncn2CCCNCCc2c[nH]c3ccc(O)cc23)n(C)c1=O.Cn1c(=O)c2c(ncn2CCCNCCc2c[nH]c3ccc(O)cc23)n(C)c1=O.O. The van der Waals surface area contributed by atoms with Gasteiger partial charge in [-0.1, -0.05) is 0 Å². The molecule has 8 N–H and O–H groups in total. The molecule has 0 unspecified atom stereocenters. The number of rotatable bonds is 14. The molecule has 8 rings (SSSR count).